The number of hydrogen-bond donors (Lipinski definition) is 2. The van der Waals surface area contributed by atoms with Gasteiger partial charge in [-0.2, -0.15) is 0 Å². The Labute approximate surface area is 151 Å². The minimum atomic E-state index is -1.11. The van der Waals surface area contributed by atoms with Crippen molar-refractivity contribution in [2.24, 2.45) is 5.92 Å². The lowest BCUT2D eigenvalue weighted by Crippen LogP contribution is -2.47. The summed E-state index contributed by atoms with van der Waals surface area (Å²) >= 11 is 0. The van der Waals surface area contributed by atoms with Crippen LogP contribution in [0.2, 0.25) is 0 Å². The second-order valence-corrected chi connectivity index (χ2v) is 7.22. The third kappa shape index (κ3) is 3.58. The first kappa shape index (κ1) is 18.0. The fraction of sp³-hybridized carbons (Fsp3) is 0.500. The van der Waals surface area contributed by atoms with Crippen molar-refractivity contribution >= 4 is 17.8 Å². The molecular formula is C18H23N3O5. The summed E-state index contributed by atoms with van der Waals surface area (Å²) < 4.78 is 10.6. The van der Waals surface area contributed by atoms with Gasteiger partial charge in [0.1, 0.15) is 12.1 Å². The second kappa shape index (κ2) is 6.86. The van der Waals surface area contributed by atoms with E-state index in [-0.39, 0.29) is 19.2 Å². The molecule has 0 unspecified atom stereocenters. The quantitative estimate of drug-likeness (QED) is 0.738. The van der Waals surface area contributed by atoms with Crippen molar-refractivity contribution < 1.29 is 23.9 Å². The Morgan fingerprint density at radius 1 is 1.31 bits per heavy atom. The van der Waals surface area contributed by atoms with Crippen LogP contribution in [-0.2, 0) is 16.0 Å². The molecule has 0 bridgehead atoms. The van der Waals surface area contributed by atoms with Gasteiger partial charge in [0.2, 0.25) is 12.7 Å². The van der Waals surface area contributed by atoms with Gasteiger partial charge in [-0.25, -0.2) is 4.79 Å². The normalized spacial score (nSPS) is 21.3. The summed E-state index contributed by atoms with van der Waals surface area (Å²) in [6.45, 7) is 5.98. The number of nitrogens with zero attached hydrogens (tertiary/aromatic N) is 1. The van der Waals surface area contributed by atoms with E-state index < -0.39 is 17.5 Å². The number of imide groups is 1. The van der Waals surface area contributed by atoms with Crippen LogP contribution in [0.15, 0.2) is 18.2 Å². The van der Waals surface area contributed by atoms with Crippen LogP contribution in [0.4, 0.5) is 4.79 Å². The third-order valence-corrected chi connectivity index (χ3v) is 4.35. The summed E-state index contributed by atoms with van der Waals surface area (Å²) in [5.74, 6) is 0.796. The summed E-state index contributed by atoms with van der Waals surface area (Å²) in [6.07, 6.45) is 0.290. The molecule has 0 radical (unpaired) electrons. The number of nitrogens with one attached hydrogen (secondary N) is 2. The molecule has 1 saturated heterocycles. The van der Waals surface area contributed by atoms with Crippen molar-refractivity contribution in [3.63, 3.8) is 0 Å². The zero-order valence-electron chi connectivity index (χ0n) is 15.1. The van der Waals surface area contributed by atoms with Crippen molar-refractivity contribution in [2.45, 2.75) is 32.7 Å². The second-order valence-electron chi connectivity index (χ2n) is 7.22. The van der Waals surface area contributed by atoms with Gasteiger partial charge in [-0.05, 0) is 30.5 Å². The molecule has 0 aromatic heterocycles. The van der Waals surface area contributed by atoms with E-state index in [2.05, 4.69) is 10.6 Å². The molecule has 26 heavy (non-hydrogen) atoms. The van der Waals surface area contributed by atoms with Crippen LogP contribution < -0.4 is 20.1 Å². The fourth-order valence-corrected chi connectivity index (χ4v) is 2.99. The lowest BCUT2D eigenvalue weighted by molar-refractivity contribution is -0.134. The Bertz CT molecular complexity index is 748. The Morgan fingerprint density at radius 3 is 2.77 bits per heavy atom. The Balaban J connectivity index is 1.67. The minimum Gasteiger partial charge on any atom is -0.454 e. The van der Waals surface area contributed by atoms with Crippen molar-refractivity contribution in [2.75, 3.05) is 19.9 Å². The molecule has 140 valence electrons. The highest BCUT2D eigenvalue weighted by Gasteiger charge is 2.48. The largest absolute Gasteiger partial charge is 0.454 e. The summed E-state index contributed by atoms with van der Waals surface area (Å²) in [4.78, 5) is 37.9. The van der Waals surface area contributed by atoms with Crippen LogP contribution in [0, 0.1) is 5.92 Å². The number of hydrogen-bond acceptors (Lipinski definition) is 5. The van der Waals surface area contributed by atoms with Crippen LogP contribution in [0.3, 0.4) is 0 Å². The smallest absolute Gasteiger partial charge is 0.325 e. The lowest BCUT2D eigenvalue weighted by atomic mass is 9.92. The molecule has 2 heterocycles. The zero-order valence-corrected chi connectivity index (χ0v) is 15.1. The summed E-state index contributed by atoms with van der Waals surface area (Å²) in [6, 6.07) is 4.85. The van der Waals surface area contributed by atoms with Gasteiger partial charge >= 0.3 is 6.03 Å². The van der Waals surface area contributed by atoms with E-state index in [1.807, 2.05) is 19.9 Å². The fourth-order valence-electron chi connectivity index (χ4n) is 2.99. The molecule has 1 fully saturated rings. The molecule has 1 atom stereocenters. The standard InChI is InChI=1S/C18H23N3O5/c1-11(2)8-19-15(22)9-21-16(23)18(3,20-17(21)24)7-12-4-5-13-14(6-12)26-10-25-13/h4-6,11H,7-10H2,1-3H3,(H,19,22)(H,20,24)/t18-/m0/s1. The van der Waals surface area contributed by atoms with E-state index in [1.54, 1.807) is 19.1 Å². The first-order valence-corrected chi connectivity index (χ1v) is 8.58. The van der Waals surface area contributed by atoms with E-state index in [0.29, 0.717) is 30.4 Å². The Hall–Kier alpha value is -2.77. The van der Waals surface area contributed by atoms with Gasteiger partial charge in [0.25, 0.3) is 5.91 Å². The Kier molecular flexibility index (Phi) is 4.76. The van der Waals surface area contributed by atoms with Crippen molar-refractivity contribution in [3.05, 3.63) is 23.8 Å². The molecule has 0 spiro atoms. The molecule has 2 N–H and O–H groups in total. The van der Waals surface area contributed by atoms with Crippen molar-refractivity contribution in [1.82, 2.24) is 15.5 Å². The third-order valence-electron chi connectivity index (χ3n) is 4.35. The number of fused-ring (bicyclic) bond motifs is 1. The number of carbonyl (C=O) groups is 3. The van der Waals surface area contributed by atoms with Crippen molar-refractivity contribution in [1.29, 1.82) is 0 Å². The van der Waals surface area contributed by atoms with Crippen LogP contribution in [0.1, 0.15) is 26.3 Å². The maximum atomic E-state index is 12.8. The summed E-state index contributed by atoms with van der Waals surface area (Å²) in [5.41, 5.74) is -0.278. The van der Waals surface area contributed by atoms with E-state index in [9.17, 15) is 14.4 Å². The predicted octanol–water partition coefficient (Wildman–Crippen LogP) is 1.04. The monoisotopic (exact) mass is 361 g/mol. The SMILES string of the molecule is CC(C)CNC(=O)CN1C(=O)N[C@@](C)(Cc2ccc3c(c2)OCO3)C1=O. The minimum absolute atomic E-state index is 0.172. The van der Waals surface area contributed by atoms with Gasteiger partial charge < -0.3 is 20.1 Å². The number of urea groups is 1. The Morgan fingerprint density at radius 2 is 2.04 bits per heavy atom. The topological polar surface area (TPSA) is 97.0 Å². The number of benzene rings is 1. The van der Waals surface area contributed by atoms with Crippen LogP contribution in [0.5, 0.6) is 11.5 Å². The number of ether oxygens (including phenoxy) is 2. The average molecular weight is 361 g/mol. The van der Waals surface area contributed by atoms with Crippen LogP contribution >= 0.6 is 0 Å². The molecule has 8 nitrogen and oxygen atoms in total. The number of rotatable bonds is 6. The maximum Gasteiger partial charge on any atom is 0.325 e. The summed E-state index contributed by atoms with van der Waals surface area (Å²) in [7, 11) is 0. The molecule has 2 aliphatic rings. The number of carbonyl (C=O) groups excluding carboxylic acids is 3. The summed E-state index contributed by atoms with van der Waals surface area (Å²) in [5, 5.41) is 5.41. The maximum absolute atomic E-state index is 12.8. The van der Waals surface area contributed by atoms with Gasteiger partial charge in [-0.15, -0.1) is 0 Å². The molecule has 1 aromatic carbocycles. The first-order valence-electron chi connectivity index (χ1n) is 8.58. The van der Waals surface area contributed by atoms with Crippen LogP contribution in [0.25, 0.3) is 0 Å². The highest BCUT2D eigenvalue weighted by atomic mass is 16.7. The molecule has 0 saturated carbocycles. The van der Waals surface area contributed by atoms with Gasteiger partial charge in [0.05, 0.1) is 0 Å². The molecule has 8 heteroatoms. The molecule has 3 rings (SSSR count). The van der Waals surface area contributed by atoms with Gasteiger partial charge in [-0.1, -0.05) is 19.9 Å². The zero-order chi connectivity index (χ0) is 18.9. The van der Waals surface area contributed by atoms with Gasteiger partial charge in [-0.3, -0.25) is 14.5 Å². The van der Waals surface area contributed by atoms with Gasteiger partial charge in [0.15, 0.2) is 11.5 Å². The number of amides is 4. The first-order chi connectivity index (χ1) is 12.3. The lowest BCUT2D eigenvalue weighted by Gasteiger charge is -2.22. The predicted molar refractivity (Wildman–Crippen MR) is 92.8 cm³/mol. The molecule has 2 aliphatic heterocycles. The van der Waals surface area contributed by atoms with Crippen molar-refractivity contribution in [3.8, 4) is 11.5 Å². The van der Waals surface area contributed by atoms with Gasteiger partial charge in [0, 0.05) is 13.0 Å². The van der Waals surface area contributed by atoms with E-state index in [4.69, 9.17) is 9.47 Å². The molecular weight excluding hydrogens is 338 g/mol. The van der Waals surface area contributed by atoms with E-state index in [1.165, 1.54) is 0 Å². The van der Waals surface area contributed by atoms with E-state index in [0.717, 1.165) is 10.5 Å². The van der Waals surface area contributed by atoms with E-state index >= 15 is 0 Å². The molecule has 1 aromatic rings. The molecule has 4 amide bonds. The highest BCUT2D eigenvalue weighted by molar-refractivity contribution is 6.08. The van der Waals surface area contributed by atoms with Crippen LogP contribution in [-0.4, -0.2) is 48.2 Å². The average Bonchev–Trinajstić information content (AvgIpc) is 3.11. The molecule has 0 aliphatic carbocycles. The highest BCUT2D eigenvalue weighted by Crippen LogP contribution is 2.34.